The van der Waals surface area contributed by atoms with Crippen molar-refractivity contribution >= 4 is 0 Å². The van der Waals surface area contributed by atoms with Crippen LogP contribution in [-0.2, 0) is 4.74 Å². The summed E-state index contributed by atoms with van der Waals surface area (Å²) in [5.41, 5.74) is 0.334. The van der Waals surface area contributed by atoms with Crippen LogP contribution >= 0.6 is 0 Å². The van der Waals surface area contributed by atoms with E-state index in [2.05, 4.69) is 31.0 Å². The van der Waals surface area contributed by atoms with Gasteiger partial charge in [0.25, 0.3) is 0 Å². The van der Waals surface area contributed by atoms with E-state index in [0.29, 0.717) is 11.5 Å². The summed E-state index contributed by atoms with van der Waals surface area (Å²) in [4.78, 5) is 2.80. The molecule has 0 aliphatic carbocycles. The Balaban J connectivity index is 2.01. The summed E-state index contributed by atoms with van der Waals surface area (Å²) in [6.07, 6.45) is 9.46. The number of ether oxygens (including phenoxy) is 1. The van der Waals surface area contributed by atoms with E-state index in [1.165, 1.54) is 58.0 Å². The Hall–Kier alpha value is -0.120. The second kappa shape index (κ2) is 8.50. The molecule has 0 spiro atoms. The van der Waals surface area contributed by atoms with Gasteiger partial charge in [-0.2, -0.15) is 0 Å². The maximum absolute atomic E-state index is 5.89. The highest BCUT2D eigenvalue weighted by Gasteiger charge is 2.36. The van der Waals surface area contributed by atoms with E-state index in [0.717, 1.165) is 25.8 Å². The first kappa shape index (κ1) is 17.2. The van der Waals surface area contributed by atoms with Crippen molar-refractivity contribution in [1.29, 1.82) is 0 Å². The van der Waals surface area contributed by atoms with E-state index in [-0.39, 0.29) is 0 Å². The van der Waals surface area contributed by atoms with Crippen LogP contribution in [0.5, 0.6) is 0 Å². The second-order valence-corrected chi connectivity index (χ2v) is 7.57. The largest absolute Gasteiger partial charge is 0.381 e. The molecule has 1 N–H and O–H groups in total. The maximum Gasteiger partial charge on any atom is 0.0546 e. The number of hydrogen-bond acceptors (Lipinski definition) is 3. The molecule has 2 aliphatic heterocycles. The molecule has 0 aromatic heterocycles. The first-order chi connectivity index (χ1) is 10.2. The number of rotatable bonds is 6. The average Bonchev–Trinajstić information content (AvgIpc) is 2.71. The molecule has 0 aromatic carbocycles. The predicted octanol–water partition coefficient (Wildman–Crippen LogP) is 3.44. The highest BCUT2D eigenvalue weighted by Crippen LogP contribution is 2.32. The van der Waals surface area contributed by atoms with E-state index in [9.17, 15) is 0 Å². The summed E-state index contributed by atoms with van der Waals surface area (Å²) in [6.45, 7) is 12.4. The zero-order valence-electron chi connectivity index (χ0n) is 14.5. The lowest BCUT2D eigenvalue weighted by atomic mass is 9.81. The van der Waals surface area contributed by atoms with Crippen molar-refractivity contribution in [3.63, 3.8) is 0 Å². The smallest absolute Gasteiger partial charge is 0.0546 e. The normalized spacial score (nSPS) is 32.3. The van der Waals surface area contributed by atoms with Crippen LogP contribution in [0.1, 0.15) is 65.7 Å². The number of hydrogen-bond donors (Lipinski definition) is 1. The Morgan fingerprint density at radius 3 is 2.76 bits per heavy atom. The Kier molecular flexibility index (Phi) is 6.97. The fraction of sp³-hybridized carbons (Fsp3) is 1.00. The quantitative estimate of drug-likeness (QED) is 0.812. The zero-order valence-corrected chi connectivity index (χ0v) is 14.5. The van der Waals surface area contributed by atoms with Crippen LogP contribution < -0.4 is 5.32 Å². The van der Waals surface area contributed by atoms with Gasteiger partial charge in [-0.3, -0.25) is 4.90 Å². The minimum absolute atomic E-state index is 0.334. The molecule has 2 rings (SSSR count). The van der Waals surface area contributed by atoms with Crippen LogP contribution in [0.2, 0.25) is 0 Å². The lowest BCUT2D eigenvalue weighted by Crippen LogP contribution is -2.52. The Labute approximate surface area is 131 Å². The monoisotopic (exact) mass is 296 g/mol. The van der Waals surface area contributed by atoms with Gasteiger partial charge in [0, 0.05) is 37.2 Å². The van der Waals surface area contributed by atoms with Crippen LogP contribution in [0.3, 0.4) is 0 Å². The van der Waals surface area contributed by atoms with Crippen LogP contribution in [0.15, 0.2) is 0 Å². The third kappa shape index (κ3) is 5.22. The van der Waals surface area contributed by atoms with Gasteiger partial charge in [-0.1, -0.05) is 33.6 Å². The highest BCUT2D eigenvalue weighted by atomic mass is 16.5. The molecule has 2 unspecified atom stereocenters. The number of likely N-dealkylation sites (tertiary alicyclic amines) is 1. The summed E-state index contributed by atoms with van der Waals surface area (Å²) in [6, 6.07) is 1.36. The number of nitrogens with zero attached hydrogens (tertiary/aromatic N) is 1. The first-order valence-electron chi connectivity index (χ1n) is 9.20. The molecule has 2 aliphatic rings. The summed E-state index contributed by atoms with van der Waals surface area (Å²) in [5.74, 6) is 0. The fourth-order valence-electron chi connectivity index (χ4n) is 3.99. The fourth-order valence-corrected chi connectivity index (χ4v) is 3.99. The Morgan fingerprint density at radius 1 is 1.24 bits per heavy atom. The van der Waals surface area contributed by atoms with Crippen molar-refractivity contribution in [2.75, 3.05) is 32.8 Å². The first-order valence-corrected chi connectivity index (χ1v) is 9.20. The summed E-state index contributed by atoms with van der Waals surface area (Å²) in [7, 11) is 0. The van der Waals surface area contributed by atoms with Crippen molar-refractivity contribution in [3.05, 3.63) is 0 Å². The van der Waals surface area contributed by atoms with E-state index in [1.807, 2.05) is 0 Å². The van der Waals surface area contributed by atoms with Crippen molar-refractivity contribution < 1.29 is 4.74 Å². The highest BCUT2D eigenvalue weighted by molar-refractivity contribution is 4.90. The molecule has 21 heavy (non-hydrogen) atoms. The molecule has 2 atom stereocenters. The van der Waals surface area contributed by atoms with Gasteiger partial charge < -0.3 is 10.1 Å². The maximum atomic E-state index is 5.89. The second-order valence-electron chi connectivity index (χ2n) is 7.57. The van der Waals surface area contributed by atoms with Gasteiger partial charge in [-0.05, 0) is 38.6 Å². The third-order valence-electron chi connectivity index (χ3n) is 5.30. The molecule has 0 saturated carbocycles. The van der Waals surface area contributed by atoms with Gasteiger partial charge >= 0.3 is 0 Å². The molecule has 2 heterocycles. The molecule has 3 nitrogen and oxygen atoms in total. The minimum atomic E-state index is 0.334. The summed E-state index contributed by atoms with van der Waals surface area (Å²) >= 11 is 0. The standard InChI is InChI=1S/C18H36N2O/c1-4-17-9-6-5-7-11-20(17)14-18(13-19-16(2)3)10-8-12-21-15-18/h16-17,19H,4-15H2,1-3H3. The van der Waals surface area contributed by atoms with Crippen molar-refractivity contribution in [2.45, 2.75) is 77.8 Å². The molecular weight excluding hydrogens is 260 g/mol. The number of nitrogens with one attached hydrogen (secondary N) is 1. The molecule has 0 aromatic rings. The van der Waals surface area contributed by atoms with Gasteiger partial charge in [0.2, 0.25) is 0 Å². The average molecular weight is 296 g/mol. The van der Waals surface area contributed by atoms with Crippen LogP contribution in [0, 0.1) is 5.41 Å². The summed E-state index contributed by atoms with van der Waals surface area (Å²) in [5, 5.41) is 3.69. The molecule has 0 amide bonds. The predicted molar refractivity (Wildman–Crippen MR) is 89.7 cm³/mol. The molecule has 2 fully saturated rings. The van der Waals surface area contributed by atoms with Gasteiger partial charge in [-0.25, -0.2) is 0 Å². The Morgan fingerprint density at radius 2 is 2.10 bits per heavy atom. The van der Waals surface area contributed by atoms with E-state index in [1.54, 1.807) is 0 Å². The van der Waals surface area contributed by atoms with Gasteiger partial charge in [-0.15, -0.1) is 0 Å². The van der Waals surface area contributed by atoms with E-state index < -0.39 is 0 Å². The van der Waals surface area contributed by atoms with Gasteiger partial charge in [0.05, 0.1) is 6.61 Å². The zero-order chi connectivity index (χ0) is 15.1. The lowest BCUT2D eigenvalue weighted by molar-refractivity contribution is -0.0337. The summed E-state index contributed by atoms with van der Waals surface area (Å²) < 4.78 is 5.89. The molecule has 124 valence electrons. The molecule has 0 radical (unpaired) electrons. The molecule has 2 saturated heterocycles. The van der Waals surface area contributed by atoms with Gasteiger partial charge in [0.15, 0.2) is 0 Å². The third-order valence-corrected chi connectivity index (χ3v) is 5.30. The van der Waals surface area contributed by atoms with E-state index >= 15 is 0 Å². The topological polar surface area (TPSA) is 24.5 Å². The van der Waals surface area contributed by atoms with Crippen LogP contribution in [-0.4, -0.2) is 49.8 Å². The van der Waals surface area contributed by atoms with Crippen molar-refractivity contribution in [1.82, 2.24) is 10.2 Å². The van der Waals surface area contributed by atoms with Crippen molar-refractivity contribution in [2.24, 2.45) is 5.41 Å². The van der Waals surface area contributed by atoms with E-state index in [4.69, 9.17) is 4.74 Å². The Bertz CT molecular complexity index is 287. The van der Waals surface area contributed by atoms with Crippen molar-refractivity contribution in [3.8, 4) is 0 Å². The minimum Gasteiger partial charge on any atom is -0.381 e. The molecular formula is C18H36N2O. The van der Waals surface area contributed by atoms with Crippen LogP contribution in [0.4, 0.5) is 0 Å². The van der Waals surface area contributed by atoms with Crippen LogP contribution in [0.25, 0.3) is 0 Å². The molecule has 3 heteroatoms. The lowest BCUT2D eigenvalue weighted by Gasteiger charge is -2.43. The van der Waals surface area contributed by atoms with Gasteiger partial charge in [0.1, 0.15) is 0 Å². The SMILES string of the molecule is CCC1CCCCCN1CC1(CNC(C)C)CCCOC1. The molecule has 0 bridgehead atoms.